The van der Waals surface area contributed by atoms with Gasteiger partial charge in [0.2, 0.25) is 11.3 Å². The van der Waals surface area contributed by atoms with Gasteiger partial charge in [-0.25, -0.2) is 0 Å². The number of hydrogen-bond donors (Lipinski definition) is 0. The summed E-state index contributed by atoms with van der Waals surface area (Å²) in [4.78, 5) is 26.0. The van der Waals surface area contributed by atoms with E-state index in [-0.39, 0.29) is 11.3 Å². The van der Waals surface area contributed by atoms with E-state index in [0.717, 1.165) is 15.6 Å². The second-order valence-electron chi connectivity index (χ2n) is 5.88. The number of amides is 1. The van der Waals surface area contributed by atoms with Gasteiger partial charge in [0, 0.05) is 29.9 Å². The Morgan fingerprint density at radius 1 is 1.16 bits per heavy atom. The third kappa shape index (κ3) is 4.14. The Kier molecular flexibility index (Phi) is 5.28. The second-order valence-corrected chi connectivity index (χ2v) is 6.79. The third-order valence-electron chi connectivity index (χ3n) is 4.06. The first-order valence-electron chi connectivity index (χ1n) is 7.98. The van der Waals surface area contributed by atoms with Crippen molar-refractivity contribution >= 4 is 32.7 Å². The van der Waals surface area contributed by atoms with Gasteiger partial charge < -0.3 is 4.90 Å². The maximum Gasteiger partial charge on any atom is 0.224 e. The van der Waals surface area contributed by atoms with Crippen LogP contribution in [0.2, 0.25) is 0 Å². The minimum absolute atomic E-state index is 0.0347. The van der Waals surface area contributed by atoms with Crippen LogP contribution in [0.5, 0.6) is 0 Å². The summed E-state index contributed by atoms with van der Waals surface area (Å²) in [5.74, 6) is 0.0347. The molecule has 0 N–H and O–H groups in total. The van der Waals surface area contributed by atoms with Gasteiger partial charge in [-0.2, -0.15) is 5.10 Å². The molecule has 0 radical (unpaired) electrons. The second kappa shape index (κ2) is 7.61. The molecule has 1 aromatic heterocycles. The largest absolute Gasteiger partial charge is 0.341 e. The number of benzene rings is 2. The van der Waals surface area contributed by atoms with Gasteiger partial charge in [-0.15, -0.1) is 0 Å². The van der Waals surface area contributed by atoms with E-state index in [1.54, 1.807) is 22.7 Å². The maximum atomic E-state index is 12.4. The first-order chi connectivity index (χ1) is 12.0. The molecule has 0 spiro atoms. The van der Waals surface area contributed by atoms with E-state index in [1.165, 1.54) is 6.20 Å². The average Bonchev–Trinajstić information content (AvgIpc) is 2.63. The van der Waals surface area contributed by atoms with Crippen molar-refractivity contribution in [3.63, 3.8) is 0 Å². The molecule has 0 fully saturated rings. The van der Waals surface area contributed by atoms with Gasteiger partial charge in [0.1, 0.15) is 0 Å². The Bertz CT molecular complexity index is 951. The van der Waals surface area contributed by atoms with Crippen molar-refractivity contribution in [1.82, 2.24) is 14.7 Å². The van der Waals surface area contributed by atoms with E-state index in [2.05, 4.69) is 21.0 Å². The lowest BCUT2D eigenvalue weighted by Crippen LogP contribution is -2.27. The first kappa shape index (κ1) is 17.4. The fourth-order valence-electron chi connectivity index (χ4n) is 2.68. The molecule has 0 aliphatic carbocycles. The normalized spacial score (nSPS) is 10.8. The molecule has 3 aromatic rings. The third-order valence-corrected chi connectivity index (χ3v) is 4.59. The van der Waals surface area contributed by atoms with Gasteiger partial charge in [0.15, 0.2) is 0 Å². The number of para-hydroxylation sites is 1. The Balaban J connectivity index is 1.67. The molecule has 0 aliphatic rings. The van der Waals surface area contributed by atoms with E-state index < -0.39 is 0 Å². The Morgan fingerprint density at radius 3 is 2.64 bits per heavy atom. The molecule has 128 valence electrons. The Labute approximate surface area is 154 Å². The maximum absolute atomic E-state index is 12.4. The van der Waals surface area contributed by atoms with Crippen molar-refractivity contribution in [2.75, 3.05) is 7.05 Å². The molecule has 3 rings (SSSR count). The summed E-state index contributed by atoms with van der Waals surface area (Å²) in [5.41, 5.74) is 1.72. The standard InChI is InChI=1S/C19H18BrN3O2/c1-22(13-14-6-8-15(20)9-7-14)19(25)10-11-23-17-5-3-2-4-16(17)18(24)12-21-23/h2-9,12H,10-11,13H2,1H3. The van der Waals surface area contributed by atoms with E-state index in [1.807, 2.05) is 42.5 Å². The lowest BCUT2D eigenvalue weighted by atomic mass is 10.2. The average molecular weight is 400 g/mol. The zero-order valence-electron chi connectivity index (χ0n) is 13.9. The van der Waals surface area contributed by atoms with Crippen LogP contribution >= 0.6 is 15.9 Å². The number of halogens is 1. The van der Waals surface area contributed by atoms with Gasteiger partial charge in [-0.1, -0.05) is 40.2 Å². The number of nitrogens with zero attached hydrogens (tertiary/aromatic N) is 3. The predicted molar refractivity (Wildman–Crippen MR) is 101 cm³/mol. The van der Waals surface area contributed by atoms with Crippen LogP contribution in [0.4, 0.5) is 0 Å². The minimum Gasteiger partial charge on any atom is -0.341 e. The molecule has 0 bridgehead atoms. The summed E-state index contributed by atoms with van der Waals surface area (Å²) in [6.07, 6.45) is 1.63. The number of aromatic nitrogens is 2. The molecule has 0 aliphatic heterocycles. The number of fused-ring (bicyclic) bond motifs is 1. The van der Waals surface area contributed by atoms with Crippen LogP contribution < -0.4 is 5.43 Å². The van der Waals surface area contributed by atoms with Gasteiger partial charge in [-0.3, -0.25) is 14.3 Å². The highest BCUT2D eigenvalue weighted by Gasteiger charge is 2.11. The molecule has 0 saturated carbocycles. The summed E-state index contributed by atoms with van der Waals surface area (Å²) < 4.78 is 2.73. The minimum atomic E-state index is -0.106. The van der Waals surface area contributed by atoms with Crippen LogP contribution in [0.25, 0.3) is 10.9 Å². The van der Waals surface area contributed by atoms with Crippen molar-refractivity contribution in [3.05, 3.63) is 75.0 Å². The summed E-state index contributed by atoms with van der Waals surface area (Å²) >= 11 is 3.40. The van der Waals surface area contributed by atoms with Crippen molar-refractivity contribution in [2.45, 2.75) is 19.5 Å². The summed E-state index contributed by atoms with van der Waals surface area (Å²) in [7, 11) is 1.79. The van der Waals surface area contributed by atoms with E-state index >= 15 is 0 Å². The molecular weight excluding hydrogens is 382 g/mol. The summed E-state index contributed by atoms with van der Waals surface area (Å²) in [6, 6.07) is 15.2. The van der Waals surface area contributed by atoms with Crippen molar-refractivity contribution in [1.29, 1.82) is 0 Å². The quantitative estimate of drug-likeness (QED) is 0.661. The van der Waals surface area contributed by atoms with Crippen LogP contribution in [0, 0.1) is 0 Å². The zero-order valence-corrected chi connectivity index (χ0v) is 15.4. The fourth-order valence-corrected chi connectivity index (χ4v) is 2.95. The van der Waals surface area contributed by atoms with Crippen molar-refractivity contribution in [2.24, 2.45) is 0 Å². The molecule has 1 heterocycles. The number of carbonyl (C=O) groups is 1. The lowest BCUT2D eigenvalue weighted by Gasteiger charge is -2.18. The SMILES string of the molecule is CN(Cc1ccc(Br)cc1)C(=O)CCn1ncc(=O)c2ccccc21. The molecule has 1 amide bonds. The monoisotopic (exact) mass is 399 g/mol. The molecule has 2 aromatic carbocycles. The number of aryl methyl sites for hydroxylation is 1. The predicted octanol–water partition coefficient (Wildman–Crippen LogP) is 3.21. The smallest absolute Gasteiger partial charge is 0.224 e. The van der Waals surface area contributed by atoms with Gasteiger partial charge >= 0.3 is 0 Å². The highest BCUT2D eigenvalue weighted by atomic mass is 79.9. The lowest BCUT2D eigenvalue weighted by molar-refractivity contribution is -0.130. The van der Waals surface area contributed by atoms with E-state index in [0.29, 0.717) is 24.9 Å². The molecule has 5 nitrogen and oxygen atoms in total. The van der Waals surface area contributed by atoms with E-state index in [4.69, 9.17) is 0 Å². The van der Waals surface area contributed by atoms with Crippen molar-refractivity contribution in [3.8, 4) is 0 Å². The van der Waals surface area contributed by atoms with Crippen LogP contribution in [0.15, 0.2) is 64.0 Å². The highest BCUT2D eigenvalue weighted by Crippen LogP contribution is 2.13. The topological polar surface area (TPSA) is 55.2 Å². The van der Waals surface area contributed by atoms with Crippen LogP contribution in [-0.4, -0.2) is 27.6 Å². The number of rotatable bonds is 5. The fraction of sp³-hybridized carbons (Fsp3) is 0.211. The summed E-state index contributed by atoms with van der Waals surface area (Å²) in [5, 5.41) is 4.78. The van der Waals surface area contributed by atoms with Crippen molar-refractivity contribution < 1.29 is 4.79 Å². The Hall–Kier alpha value is -2.47. The number of hydrogen-bond acceptors (Lipinski definition) is 3. The first-order valence-corrected chi connectivity index (χ1v) is 8.77. The van der Waals surface area contributed by atoms with Crippen LogP contribution in [0.3, 0.4) is 0 Å². The van der Waals surface area contributed by atoms with Gasteiger partial charge in [-0.05, 0) is 29.8 Å². The van der Waals surface area contributed by atoms with Gasteiger partial charge in [0.05, 0.1) is 18.3 Å². The molecule has 6 heteroatoms. The highest BCUT2D eigenvalue weighted by molar-refractivity contribution is 9.10. The Morgan fingerprint density at radius 2 is 1.88 bits per heavy atom. The van der Waals surface area contributed by atoms with Crippen LogP contribution in [-0.2, 0) is 17.9 Å². The molecule has 0 unspecified atom stereocenters. The van der Waals surface area contributed by atoms with E-state index in [9.17, 15) is 9.59 Å². The molecule has 0 saturated heterocycles. The van der Waals surface area contributed by atoms with Gasteiger partial charge in [0.25, 0.3) is 0 Å². The molecule has 25 heavy (non-hydrogen) atoms. The zero-order chi connectivity index (χ0) is 17.8. The van der Waals surface area contributed by atoms with Crippen LogP contribution in [0.1, 0.15) is 12.0 Å². The molecule has 0 atom stereocenters. The molecular formula is C19H18BrN3O2. The summed E-state index contributed by atoms with van der Waals surface area (Å²) in [6.45, 7) is 0.995. The number of carbonyl (C=O) groups excluding carboxylic acids is 1.